The Labute approximate surface area is 211 Å². The highest BCUT2D eigenvalue weighted by atomic mass is 127. The summed E-state index contributed by atoms with van der Waals surface area (Å²) in [4.78, 5) is 6.63. The SMILES string of the molecule is CN=C(NCc1ccc(CN2CC(C)OC(C)C2)cc1)NCc1ccccc1OC(F)F.I. The molecule has 6 nitrogen and oxygen atoms in total. The van der Waals surface area contributed by atoms with E-state index in [2.05, 4.69) is 63.4 Å². The van der Waals surface area contributed by atoms with Gasteiger partial charge in [0, 0.05) is 45.3 Å². The number of alkyl halides is 2. The second kappa shape index (κ2) is 13.7. The number of nitrogens with one attached hydrogen (secondary N) is 2. The molecule has 0 radical (unpaired) electrons. The van der Waals surface area contributed by atoms with Crippen molar-refractivity contribution in [3.63, 3.8) is 0 Å². The summed E-state index contributed by atoms with van der Waals surface area (Å²) in [5, 5.41) is 6.39. The van der Waals surface area contributed by atoms with E-state index < -0.39 is 6.61 Å². The van der Waals surface area contributed by atoms with E-state index in [1.807, 2.05) is 0 Å². The van der Waals surface area contributed by atoms with Crippen LogP contribution in [0.4, 0.5) is 8.78 Å². The Hall–Kier alpha value is -1.98. The zero-order valence-electron chi connectivity index (χ0n) is 19.3. The number of morpholine rings is 1. The molecule has 1 heterocycles. The molecule has 0 bridgehead atoms. The summed E-state index contributed by atoms with van der Waals surface area (Å²) in [7, 11) is 1.67. The third kappa shape index (κ3) is 9.05. The van der Waals surface area contributed by atoms with Crippen LogP contribution in [-0.4, -0.2) is 49.8 Å². The van der Waals surface area contributed by atoms with Crippen LogP contribution in [0.25, 0.3) is 0 Å². The molecule has 1 fully saturated rings. The number of guanidine groups is 1. The second-order valence-corrected chi connectivity index (χ2v) is 8.03. The van der Waals surface area contributed by atoms with Gasteiger partial charge in [-0.05, 0) is 31.0 Å². The Bertz CT molecular complexity index is 873. The summed E-state index contributed by atoms with van der Waals surface area (Å²) in [6.07, 6.45) is 0.519. The number of nitrogens with zero attached hydrogens (tertiary/aromatic N) is 2. The maximum Gasteiger partial charge on any atom is 0.387 e. The van der Waals surface area contributed by atoms with E-state index in [0.717, 1.165) is 25.2 Å². The fraction of sp³-hybridized carbons (Fsp3) is 0.458. The number of hydrogen-bond donors (Lipinski definition) is 2. The number of para-hydroxylation sites is 1. The van der Waals surface area contributed by atoms with E-state index in [9.17, 15) is 8.78 Å². The van der Waals surface area contributed by atoms with Gasteiger partial charge >= 0.3 is 6.61 Å². The summed E-state index contributed by atoms with van der Waals surface area (Å²) in [5.74, 6) is 0.738. The van der Waals surface area contributed by atoms with Crippen LogP contribution < -0.4 is 15.4 Å². The van der Waals surface area contributed by atoms with Crippen molar-refractivity contribution in [1.82, 2.24) is 15.5 Å². The van der Waals surface area contributed by atoms with Crippen molar-refractivity contribution in [3.05, 3.63) is 65.2 Å². The maximum atomic E-state index is 12.6. The number of hydrogen-bond acceptors (Lipinski definition) is 4. The zero-order chi connectivity index (χ0) is 22.9. The van der Waals surface area contributed by atoms with Crippen LogP contribution in [0.5, 0.6) is 5.75 Å². The van der Waals surface area contributed by atoms with E-state index in [1.165, 1.54) is 11.6 Å². The lowest BCUT2D eigenvalue weighted by atomic mass is 10.1. The molecule has 2 unspecified atom stereocenters. The first-order chi connectivity index (χ1) is 15.4. The number of halogens is 3. The normalized spacial score (nSPS) is 19.2. The van der Waals surface area contributed by atoms with Gasteiger partial charge in [0.2, 0.25) is 0 Å². The van der Waals surface area contributed by atoms with Crippen molar-refractivity contribution in [2.24, 2.45) is 4.99 Å². The largest absolute Gasteiger partial charge is 0.434 e. The van der Waals surface area contributed by atoms with E-state index >= 15 is 0 Å². The van der Waals surface area contributed by atoms with Crippen LogP contribution >= 0.6 is 24.0 Å². The summed E-state index contributed by atoms with van der Waals surface area (Å²) in [6, 6.07) is 15.2. The van der Waals surface area contributed by atoms with Gasteiger partial charge in [-0.15, -0.1) is 24.0 Å². The molecule has 0 aliphatic carbocycles. The Morgan fingerprint density at radius 2 is 1.64 bits per heavy atom. The van der Waals surface area contributed by atoms with Gasteiger partial charge in [-0.25, -0.2) is 0 Å². The van der Waals surface area contributed by atoms with E-state index in [0.29, 0.717) is 24.6 Å². The molecule has 33 heavy (non-hydrogen) atoms. The minimum atomic E-state index is -2.85. The minimum Gasteiger partial charge on any atom is -0.434 e. The summed E-state index contributed by atoms with van der Waals surface area (Å²) < 4.78 is 35.5. The molecule has 0 amide bonds. The van der Waals surface area contributed by atoms with Gasteiger partial charge in [0.1, 0.15) is 5.75 Å². The summed E-state index contributed by atoms with van der Waals surface area (Å²) in [5.41, 5.74) is 3.03. The molecule has 2 N–H and O–H groups in total. The van der Waals surface area contributed by atoms with Crippen molar-refractivity contribution in [3.8, 4) is 5.75 Å². The lowest BCUT2D eigenvalue weighted by molar-refractivity contribution is -0.0705. The smallest absolute Gasteiger partial charge is 0.387 e. The molecule has 1 aliphatic heterocycles. The number of benzene rings is 2. The molecular weight excluding hydrogens is 541 g/mol. The molecule has 0 aromatic heterocycles. The maximum absolute atomic E-state index is 12.6. The molecule has 3 rings (SSSR count). The standard InChI is InChI=1S/C24H32F2N4O2.HI/c1-17-14-30(15-18(2)31-17)16-20-10-8-19(9-11-20)12-28-24(27-3)29-13-21-6-4-5-7-22(21)32-23(25)26;/h4-11,17-18,23H,12-16H2,1-3H3,(H2,27,28,29);1H. The molecule has 2 aromatic rings. The van der Waals surface area contributed by atoms with Crippen molar-refractivity contribution in [2.45, 2.75) is 52.3 Å². The zero-order valence-corrected chi connectivity index (χ0v) is 21.6. The third-order valence-corrected chi connectivity index (χ3v) is 5.24. The van der Waals surface area contributed by atoms with E-state index in [-0.39, 0.29) is 41.9 Å². The second-order valence-electron chi connectivity index (χ2n) is 8.03. The summed E-state index contributed by atoms with van der Waals surface area (Å²) in [6.45, 7) is 5.09. The highest BCUT2D eigenvalue weighted by molar-refractivity contribution is 14.0. The van der Waals surface area contributed by atoms with Crippen molar-refractivity contribution >= 4 is 29.9 Å². The van der Waals surface area contributed by atoms with Gasteiger partial charge in [0.15, 0.2) is 5.96 Å². The quantitative estimate of drug-likeness (QED) is 0.279. The molecule has 1 saturated heterocycles. The Morgan fingerprint density at radius 3 is 2.27 bits per heavy atom. The highest BCUT2D eigenvalue weighted by Gasteiger charge is 2.21. The van der Waals surface area contributed by atoms with Gasteiger partial charge in [0.05, 0.1) is 12.2 Å². The molecule has 2 atom stereocenters. The van der Waals surface area contributed by atoms with Gasteiger partial charge in [0.25, 0.3) is 0 Å². The van der Waals surface area contributed by atoms with Crippen molar-refractivity contribution < 1.29 is 18.3 Å². The summed E-state index contributed by atoms with van der Waals surface area (Å²) >= 11 is 0. The van der Waals surface area contributed by atoms with Crippen molar-refractivity contribution in [2.75, 3.05) is 20.1 Å². The molecule has 1 aliphatic rings. The third-order valence-electron chi connectivity index (χ3n) is 5.24. The Balaban J connectivity index is 0.00000385. The van der Waals surface area contributed by atoms with Crippen LogP contribution in [0.15, 0.2) is 53.5 Å². The molecule has 0 saturated carbocycles. The first-order valence-corrected chi connectivity index (χ1v) is 10.9. The van der Waals surface area contributed by atoms with Crippen LogP contribution in [0.2, 0.25) is 0 Å². The molecule has 2 aromatic carbocycles. The predicted molar refractivity (Wildman–Crippen MR) is 137 cm³/mol. The van der Waals surface area contributed by atoms with Gasteiger partial charge in [-0.1, -0.05) is 42.5 Å². The first-order valence-electron chi connectivity index (χ1n) is 10.9. The van der Waals surface area contributed by atoms with E-state index in [4.69, 9.17) is 4.74 Å². The topological polar surface area (TPSA) is 58.1 Å². The molecular formula is C24H33F2IN4O2. The monoisotopic (exact) mass is 574 g/mol. The Morgan fingerprint density at radius 1 is 1.03 bits per heavy atom. The average molecular weight is 574 g/mol. The minimum absolute atomic E-state index is 0. The lowest BCUT2D eigenvalue weighted by Crippen LogP contribution is -2.44. The number of ether oxygens (including phenoxy) is 2. The predicted octanol–water partition coefficient (Wildman–Crippen LogP) is 4.38. The van der Waals surface area contributed by atoms with E-state index in [1.54, 1.807) is 25.2 Å². The van der Waals surface area contributed by atoms with Gasteiger partial charge < -0.3 is 20.1 Å². The lowest BCUT2D eigenvalue weighted by Gasteiger charge is -2.35. The van der Waals surface area contributed by atoms with Crippen LogP contribution in [0.3, 0.4) is 0 Å². The average Bonchev–Trinajstić information content (AvgIpc) is 2.75. The number of rotatable bonds is 8. The van der Waals surface area contributed by atoms with Gasteiger partial charge in [-0.3, -0.25) is 9.89 Å². The fourth-order valence-electron chi connectivity index (χ4n) is 3.88. The van der Waals surface area contributed by atoms with Crippen LogP contribution in [0, 0.1) is 0 Å². The van der Waals surface area contributed by atoms with Crippen molar-refractivity contribution in [1.29, 1.82) is 0 Å². The first kappa shape index (κ1) is 27.3. The molecule has 9 heteroatoms. The van der Waals surface area contributed by atoms with Crippen LogP contribution in [0.1, 0.15) is 30.5 Å². The fourth-order valence-corrected chi connectivity index (χ4v) is 3.88. The number of aliphatic imine (C=N–C) groups is 1. The van der Waals surface area contributed by atoms with Gasteiger partial charge in [-0.2, -0.15) is 8.78 Å². The van der Waals surface area contributed by atoms with Crippen LogP contribution in [-0.2, 0) is 24.4 Å². The highest BCUT2D eigenvalue weighted by Crippen LogP contribution is 2.20. The molecule has 0 spiro atoms. The molecule has 182 valence electrons. The Kier molecular flexibility index (Phi) is 11.3.